The van der Waals surface area contributed by atoms with Crippen molar-refractivity contribution < 1.29 is 4.79 Å². The molecule has 0 spiro atoms. The van der Waals surface area contributed by atoms with Gasteiger partial charge >= 0.3 is 0 Å². The zero-order chi connectivity index (χ0) is 17.1. The first-order valence-electron chi connectivity index (χ1n) is 9.73. The molecule has 5 heteroatoms. The molecular weight excluding hydrogens is 300 g/mol. The van der Waals surface area contributed by atoms with Crippen LogP contribution in [0.1, 0.15) is 80.9 Å². The predicted molar refractivity (Wildman–Crippen MR) is 96.3 cm³/mol. The van der Waals surface area contributed by atoms with Crippen LogP contribution >= 0.6 is 0 Å². The van der Waals surface area contributed by atoms with E-state index in [1.54, 1.807) is 6.20 Å². The van der Waals surface area contributed by atoms with Crippen LogP contribution in [0.25, 0.3) is 0 Å². The lowest BCUT2D eigenvalue weighted by Gasteiger charge is -2.41. The Kier molecular flexibility index (Phi) is 5.59. The van der Waals surface area contributed by atoms with E-state index in [1.807, 2.05) is 11.6 Å². The molecule has 1 aliphatic carbocycles. The largest absolute Gasteiger partial charge is 0.349 e. The third kappa shape index (κ3) is 3.51. The average Bonchev–Trinajstić information content (AvgIpc) is 2.91. The standard InChI is InChI=1S/C19H32N4O/c1-4-16(5-2)23-14(3)18(13-20-23)19(24)21-15-9-11-22(12-10-15)17-7-6-8-17/h13,15-17H,4-12H2,1-3H3,(H,21,24). The third-order valence-electron chi connectivity index (χ3n) is 6.03. The second kappa shape index (κ2) is 7.68. The van der Waals surface area contributed by atoms with Crippen molar-refractivity contribution in [2.24, 2.45) is 0 Å². The van der Waals surface area contributed by atoms with Crippen molar-refractivity contribution in [3.63, 3.8) is 0 Å². The monoisotopic (exact) mass is 332 g/mol. The zero-order valence-corrected chi connectivity index (χ0v) is 15.4. The Morgan fingerprint density at radius 3 is 2.46 bits per heavy atom. The van der Waals surface area contributed by atoms with Gasteiger partial charge in [0.25, 0.3) is 5.91 Å². The van der Waals surface area contributed by atoms with E-state index in [-0.39, 0.29) is 5.91 Å². The summed E-state index contributed by atoms with van der Waals surface area (Å²) >= 11 is 0. The highest BCUT2D eigenvalue weighted by Gasteiger charge is 2.29. The van der Waals surface area contributed by atoms with E-state index >= 15 is 0 Å². The van der Waals surface area contributed by atoms with Gasteiger partial charge in [0.2, 0.25) is 0 Å². The molecule has 1 saturated carbocycles. The van der Waals surface area contributed by atoms with Crippen molar-refractivity contribution in [3.8, 4) is 0 Å². The molecule has 0 atom stereocenters. The number of hydrogen-bond donors (Lipinski definition) is 1. The minimum atomic E-state index is 0.0480. The molecule has 0 unspecified atom stereocenters. The van der Waals surface area contributed by atoms with E-state index in [9.17, 15) is 4.79 Å². The van der Waals surface area contributed by atoms with Crippen LogP contribution in [0.4, 0.5) is 0 Å². The quantitative estimate of drug-likeness (QED) is 0.869. The van der Waals surface area contributed by atoms with Gasteiger partial charge in [0.15, 0.2) is 0 Å². The van der Waals surface area contributed by atoms with Gasteiger partial charge < -0.3 is 10.2 Å². The van der Waals surface area contributed by atoms with E-state index in [2.05, 4.69) is 29.2 Å². The second-order valence-corrected chi connectivity index (χ2v) is 7.43. The number of amides is 1. The molecule has 1 aromatic heterocycles. The smallest absolute Gasteiger partial charge is 0.254 e. The first-order valence-corrected chi connectivity index (χ1v) is 9.73. The number of piperidine rings is 1. The normalized spacial score (nSPS) is 20.3. The lowest BCUT2D eigenvalue weighted by Crippen LogP contribution is -2.49. The predicted octanol–water partition coefficient (Wildman–Crippen LogP) is 3.30. The van der Waals surface area contributed by atoms with Gasteiger partial charge in [-0.15, -0.1) is 0 Å². The molecule has 1 amide bonds. The molecule has 2 heterocycles. The highest BCUT2D eigenvalue weighted by molar-refractivity contribution is 5.95. The molecule has 1 N–H and O–H groups in total. The van der Waals surface area contributed by atoms with Crippen molar-refractivity contribution >= 4 is 5.91 Å². The Morgan fingerprint density at radius 1 is 1.25 bits per heavy atom. The Hall–Kier alpha value is -1.36. The maximum Gasteiger partial charge on any atom is 0.254 e. The van der Waals surface area contributed by atoms with E-state index in [0.717, 1.165) is 56.1 Å². The van der Waals surface area contributed by atoms with E-state index in [0.29, 0.717) is 12.1 Å². The van der Waals surface area contributed by atoms with Crippen LogP contribution in [0.3, 0.4) is 0 Å². The summed E-state index contributed by atoms with van der Waals surface area (Å²) in [6.07, 6.45) is 10.1. The third-order valence-corrected chi connectivity index (χ3v) is 6.03. The minimum absolute atomic E-state index is 0.0480. The second-order valence-electron chi connectivity index (χ2n) is 7.43. The summed E-state index contributed by atoms with van der Waals surface area (Å²) < 4.78 is 2.02. The molecule has 0 radical (unpaired) electrons. The molecule has 0 bridgehead atoms. The van der Waals surface area contributed by atoms with Gasteiger partial charge in [-0.1, -0.05) is 20.3 Å². The van der Waals surface area contributed by atoms with Crippen molar-refractivity contribution in [2.45, 2.75) is 83.8 Å². The molecular formula is C19H32N4O. The average molecular weight is 332 g/mol. The molecule has 1 aliphatic heterocycles. The van der Waals surface area contributed by atoms with Gasteiger partial charge in [-0.3, -0.25) is 9.48 Å². The molecule has 1 saturated heterocycles. The molecule has 24 heavy (non-hydrogen) atoms. The van der Waals surface area contributed by atoms with E-state index in [1.165, 1.54) is 19.3 Å². The van der Waals surface area contributed by atoms with Crippen LogP contribution in [0, 0.1) is 6.92 Å². The summed E-state index contributed by atoms with van der Waals surface area (Å²) in [5, 5.41) is 7.71. The van der Waals surface area contributed by atoms with Gasteiger partial charge in [0.1, 0.15) is 0 Å². The Balaban J connectivity index is 1.55. The van der Waals surface area contributed by atoms with Gasteiger partial charge in [-0.25, -0.2) is 0 Å². The van der Waals surface area contributed by atoms with E-state index in [4.69, 9.17) is 0 Å². The van der Waals surface area contributed by atoms with Crippen molar-refractivity contribution in [1.82, 2.24) is 20.0 Å². The van der Waals surface area contributed by atoms with Crippen LogP contribution in [0.15, 0.2) is 6.20 Å². The van der Waals surface area contributed by atoms with Gasteiger partial charge in [-0.05, 0) is 45.4 Å². The lowest BCUT2D eigenvalue weighted by molar-refractivity contribution is 0.0800. The van der Waals surface area contributed by atoms with Crippen molar-refractivity contribution in [1.29, 1.82) is 0 Å². The Labute approximate surface area is 145 Å². The summed E-state index contributed by atoms with van der Waals surface area (Å²) in [6, 6.07) is 1.52. The molecule has 134 valence electrons. The number of carbonyl (C=O) groups excluding carboxylic acids is 1. The van der Waals surface area contributed by atoms with Gasteiger partial charge in [0, 0.05) is 30.9 Å². The van der Waals surface area contributed by atoms with Crippen LogP contribution in [0.5, 0.6) is 0 Å². The fourth-order valence-corrected chi connectivity index (χ4v) is 4.07. The zero-order valence-electron chi connectivity index (χ0n) is 15.4. The molecule has 1 aromatic rings. The topological polar surface area (TPSA) is 50.2 Å². The van der Waals surface area contributed by atoms with Crippen molar-refractivity contribution in [2.75, 3.05) is 13.1 Å². The number of likely N-dealkylation sites (tertiary alicyclic amines) is 1. The van der Waals surface area contributed by atoms with Crippen molar-refractivity contribution in [3.05, 3.63) is 17.5 Å². The molecule has 2 aliphatic rings. The SMILES string of the molecule is CCC(CC)n1ncc(C(=O)NC2CCN(C3CCC3)CC2)c1C. The maximum atomic E-state index is 12.7. The molecule has 0 aromatic carbocycles. The van der Waals surface area contributed by atoms with Gasteiger partial charge in [0.05, 0.1) is 17.8 Å². The molecule has 2 fully saturated rings. The Morgan fingerprint density at radius 2 is 1.92 bits per heavy atom. The number of nitrogens with zero attached hydrogens (tertiary/aromatic N) is 3. The molecule has 3 rings (SSSR count). The van der Waals surface area contributed by atoms with Crippen LogP contribution in [-0.2, 0) is 0 Å². The summed E-state index contributed by atoms with van der Waals surface area (Å²) in [7, 11) is 0. The fraction of sp³-hybridized carbons (Fsp3) is 0.789. The molecule has 5 nitrogen and oxygen atoms in total. The van der Waals surface area contributed by atoms with E-state index < -0.39 is 0 Å². The summed E-state index contributed by atoms with van der Waals surface area (Å²) in [5.41, 5.74) is 1.73. The number of hydrogen-bond acceptors (Lipinski definition) is 3. The maximum absolute atomic E-state index is 12.7. The highest BCUT2D eigenvalue weighted by Crippen LogP contribution is 2.27. The Bertz CT molecular complexity index is 552. The lowest BCUT2D eigenvalue weighted by atomic mass is 9.89. The van der Waals surface area contributed by atoms with Crippen LogP contribution in [-0.4, -0.2) is 45.8 Å². The summed E-state index contributed by atoms with van der Waals surface area (Å²) in [4.78, 5) is 15.3. The first kappa shape index (κ1) is 17.5. The number of rotatable bonds is 6. The minimum Gasteiger partial charge on any atom is -0.349 e. The fourth-order valence-electron chi connectivity index (χ4n) is 4.07. The summed E-state index contributed by atoms with van der Waals surface area (Å²) in [6.45, 7) is 8.61. The highest BCUT2D eigenvalue weighted by atomic mass is 16.1. The number of carbonyl (C=O) groups is 1. The number of nitrogens with one attached hydrogen (secondary N) is 1. The van der Waals surface area contributed by atoms with Crippen LogP contribution in [0.2, 0.25) is 0 Å². The van der Waals surface area contributed by atoms with Crippen LogP contribution < -0.4 is 5.32 Å². The number of aromatic nitrogens is 2. The van der Waals surface area contributed by atoms with Gasteiger partial charge in [-0.2, -0.15) is 5.10 Å². The first-order chi connectivity index (χ1) is 11.6. The summed E-state index contributed by atoms with van der Waals surface area (Å²) in [5.74, 6) is 0.0480.